The predicted octanol–water partition coefficient (Wildman–Crippen LogP) is 4.74. The molecule has 2 saturated heterocycles. The van der Waals surface area contributed by atoms with Crippen molar-refractivity contribution < 1.29 is 9.21 Å². The van der Waals surface area contributed by atoms with Gasteiger partial charge in [-0.25, -0.2) is 0 Å². The molecule has 4 aliphatic rings. The van der Waals surface area contributed by atoms with Crippen LogP contribution in [-0.4, -0.2) is 60.2 Å². The first kappa shape index (κ1) is 23.6. The van der Waals surface area contributed by atoms with E-state index >= 15 is 0 Å². The maximum absolute atomic E-state index is 13.5. The van der Waals surface area contributed by atoms with Gasteiger partial charge in [-0.2, -0.15) is 0 Å². The van der Waals surface area contributed by atoms with Crippen LogP contribution in [0.3, 0.4) is 0 Å². The molecule has 202 valence electrons. The number of anilines is 1. The molecule has 2 aliphatic carbocycles. The number of nitrogens with two attached hydrogens (primary N) is 1. The summed E-state index contributed by atoms with van der Waals surface area (Å²) in [5, 5.41) is 5.78. The molecule has 8 rings (SSSR count). The van der Waals surface area contributed by atoms with Crippen molar-refractivity contribution in [1.82, 2.24) is 14.8 Å². The first-order chi connectivity index (χ1) is 19.0. The van der Waals surface area contributed by atoms with E-state index in [-0.39, 0.29) is 18.0 Å². The number of carbonyl (C=O) groups is 1. The molecule has 4 heterocycles. The van der Waals surface area contributed by atoms with Crippen LogP contribution in [0.5, 0.6) is 0 Å². The summed E-state index contributed by atoms with van der Waals surface area (Å²) in [7, 11) is 0. The van der Waals surface area contributed by atoms with Gasteiger partial charge in [-0.3, -0.25) is 4.79 Å². The standard InChI is InChI=1S/C32H37N5O2/c1-19-25-8-5-22(32(38)37-18-23-6-9-26(37)30(23)33)15-29(25)39-31(19)28-14-21-4-7-24(35-12-10-34-11-13-35)16-27(21)36(28)17-20-2-3-20/h4-5,7-8,14-16,20,23,26,30,34H,2-3,6,9-13,17-18,33H2,1H3/t23?,26?,30-/m1/s1. The van der Waals surface area contributed by atoms with Gasteiger partial charge in [0.15, 0.2) is 5.76 Å². The highest BCUT2D eigenvalue weighted by Gasteiger charge is 2.46. The molecule has 7 nitrogen and oxygen atoms in total. The molecule has 1 amide bonds. The summed E-state index contributed by atoms with van der Waals surface area (Å²) in [6.45, 7) is 8.07. The minimum atomic E-state index is 0.0819. The van der Waals surface area contributed by atoms with Crippen molar-refractivity contribution in [3.05, 3.63) is 53.6 Å². The van der Waals surface area contributed by atoms with E-state index in [0.29, 0.717) is 11.5 Å². The van der Waals surface area contributed by atoms with Gasteiger partial charge in [0.25, 0.3) is 5.91 Å². The van der Waals surface area contributed by atoms with Crippen molar-refractivity contribution in [1.29, 1.82) is 0 Å². The van der Waals surface area contributed by atoms with E-state index < -0.39 is 0 Å². The summed E-state index contributed by atoms with van der Waals surface area (Å²) in [5.74, 6) is 2.18. The fourth-order valence-corrected chi connectivity index (χ4v) is 7.36. The van der Waals surface area contributed by atoms with Gasteiger partial charge < -0.3 is 29.8 Å². The molecular weight excluding hydrogens is 486 g/mol. The van der Waals surface area contributed by atoms with Gasteiger partial charge in [-0.1, -0.05) is 12.1 Å². The number of piperidine rings is 1. The third kappa shape index (κ3) is 3.81. The SMILES string of the molecule is Cc1c(-c2cc3ccc(N4CCNCC4)cc3n2CC2CC2)oc2cc(C(=O)N3CC4CCC3[C@@H]4N)ccc12. The van der Waals surface area contributed by atoms with E-state index in [4.69, 9.17) is 10.2 Å². The maximum atomic E-state index is 13.5. The van der Waals surface area contributed by atoms with Crippen LogP contribution in [0.15, 0.2) is 46.9 Å². The molecular formula is C32H37N5O2. The maximum Gasteiger partial charge on any atom is 0.254 e. The third-order valence-electron chi connectivity index (χ3n) is 9.84. The third-order valence-corrected chi connectivity index (χ3v) is 9.84. The number of furan rings is 1. The number of rotatable bonds is 5. The van der Waals surface area contributed by atoms with E-state index in [0.717, 1.165) is 86.0 Å². The predicted molar refractivity (Wildman–Crippen MR) is 155 cm³/mol. The topological polar surface area (TPSA) is 79.7 Å². The molecule has 4 fully saturated rings. The molecule has 0 spiro atoms. The van der Waals surface area contributed by atoms with E-state index in [9.17, 15) is 4.79 Å². The molecule has 2 aromatic heterocycles. The summed E-state index contributed by atoms with van der Waals surface area (Å²) in [6.07, 6.45) is 4.75. The Morgan fingerprint density at radius 1 is 1.05 bits per heavy atom. The molecule has 2 saturated carbocycles. The second kappa shape index (κ2) is 8.86. The number of carbonyl (C=O) groups excluding carboxylic acids is 1. The van der Waals surface area contributed by atoms with Gasteiger partial charge in [0.2, 0.25) is 0 Å². The number of nitrogens with zero attached hydrogens (tertiary/aromatic N) is 3. The Morgan fingerprint density at radius 3 is 2.64 bits per heavy atom. The fraction of sp³-hybridized carbons (Fsp3) is 0.469. The molecule has 39 heavy (non-hydrogen) atoms. The Morgan fingerprint density at radius 2 is 1.90 bits per heavy atom. The highest BCUT2D eigenvalue weighted by atomic mass is 16.3. The zero-order valence-electron chi connectivity index (χ0n) is 22.7. The second-order valence-corrected chi connectivity index (χ2v) is 12.3. The highest BCUT2D eigenvalue weighted by Crippen LogP contribution is 2.41. The van der Waals surface area contributed by atoms with Gasteiger partial charge in [-0.05, 0) is 74.8 Å². The fourth-order valence-electron chi connectivity index (χ4n) is 7.36. The van der Waals surface area contributed by atoms with Crippen molar-refractivity contribution >= 4 is 33.5 Å². The summed E-state index contributed by atoms with van der Waals surface area (Å²) in [5.41, 5.74) is 12.7. The Hall–Kier alpha value is -3.29. The Kier molecular flexibility index (Phi) is 5.36. The molecule has 3 N–H and O–H groups in total. The molecule has 2 aliphatic heterocycles. The largest absolute Gasteiger partial charge is 0.454 e. The quantitative estimate of drug-likeness (QED) is 0.395. The van der Waals surface area contributed by atoms with Crippen LogP contribution >= 0.6 is 0 Å². The molecule has 2 aromatic carbocycles. The second-order valence-electron chi connectivity index (χ2n) is 12.3. The number of piperazine rings is 1. The molecule has 3 atom stereocenters. The van der Waals surface area contributed by atoms with Crippen molar-refractivity contribution in [2.24, 2.45) is 17.6 Å². The van der Waals surface area contributed by atoms with Gasteiger partial charge in [0.1, 0.15) is 5.58 Å². The molecule has 0 radical (unpaired) electrons. The first-order valence-corrected chi connectivity index (χ1v) is 14.7. The van der Waals surface area contributed by atoms with Crippen LogP contribution < -0.4 is 16.0 Å². The molecule has 7 heteroatoms. The average molecular weight is 524 g/mol. The molecule has 4 aromatic rings. The number of benzene rings is 2. The van der Waals surface area contributed by atoms with Crippen LogP contribution in [0, 0.1) is 18.8 Å². The van der Waals surface area contributed by atoms with E-state index in [1.165, 1.54) is 29.4 Å². The molecule has 2 bridgehead atoms. The van der Waals surface area contributed by atoms with Gasteiger partial charge in [0, 0.05) is 78.9 Å². The smallest absolute Gasteiger partial charge is 0.254 e. The number of aryl methyl sites for hydroxylation is 1. The minimum absolute atomic E-state index is 0.0819. The zero-order valence-corrected chi connectivity index (χ0v) is 22.7. The number of hydrogen-bond acceptors (Lipinski definition) is 5. The van der Waals surface area contributed by atoms with Crippen LogP contribution in [0.4, 0.5) is 5.69 Å². The number of hydrogen-bond donors (Lipinski definition) is 2. The highest BCUT2D eigenvalue weighted by molar-refractivity contribution is 6.00. The van der Waals surface area contributed by atoms with Crippen molar-refractivity contribution in [3.8, 4) is 11.5 Å². The lowest BCUT2D eigenvalue weighted by molar-refractivity contribution is 0.0700. The van der Waals surface area contributed by atoms with Crippen LogP contribution in [0.1, 0.15) is 41.6 Å². The number of fused-ring (bicyclic) bond motifs is 4. The lowest BCUT2D eigenvalue weighted by Gasteiger charge is -2.29. The van der Waals surface area contributed by atoms with Gasteiger partial charge in [-0.15, -0.1) is 0 Å². The lowest BCUT2D eigenvalue weighted by Crippen LogP contribution is -2.43. The van der Waals surface area contributed by atoms with E-state index in [1.54, 1.807) is 0 Å². The zero-order chi connectivity index (χ0) is 26.2. The Labute approximate surface area is 228 Å². The Balaban J connectivity index is 1.18. The van der Waals surface area contributed by atoms with Crippen LogP contribution in [0.25, 0.3) is 33.3 Å². The summed E-state index contributed by atoms with van der Waals surface area (Å²) in [4.78, 5) is 17.9. The summed E-state index contributed by atoms with van der Waals surface area (Å²) >= 11 is 0. The number of aromatic nitrogens is 1. The van der Waals surface area contributed by atoms with Crippen LogP contribution in [0.2, 0.25) is 0 Å². The summed E-state index contributed by atoms with van der Waals surface area (Å²) < 4.78 is 9.09. The number of likely N-dealkylation sites (tertiary alicyclic amines) is 1. The van der Waals surface area contributed by atoms with Crippen LogP contribution in [-0.2, 0) is 6.54 Å². The van der Waals surface area contributed by atoms with Gasteiger partial charge in [0.05, 0.1) is 11.2 Å². The summed E-state index contributed by atoms with van der Waals surface area (Å²) in [6, 6.07) is 15.5. The van der Waals surface area contributed by atoms with Gasteiger partial charge >= 0.3 is 0 Å². The molecule has 2 unspecified atom stereocenters. The van der Waals surface area contributed by atoms with Crippen molar-refractivity contribution in [3.63, 3.8) is 0 Å². The monoisotopic (exact) mass is 523 g/mol. The Bertz CT molecular complexity index is 1590. The minimum Gasteiger partial charge on any atom is -0.454 e. The number of amides is 1. The lowest BCUT2D eigenvalue weighted by atomic mass is 10.1. The number of nitrogens with one attached hydrogen (secondary N) is 1. The van der Waals surface area contributed by atoms with Crippen molar-refractivity contribution in [2.45, 2.75) is 51.2 Å². The first-order valence-electron chi connectivity index (χ1n) is 14.7. The van der Waals surface area contributed by atoms with E-state index in [2.05, 4.69) is 52.0 Å². The average Bonchev–Trinajstić information content (AvgIpc) is 3.38. The normalized spacial score (nSPS) is 24.9. The van der Waals surface area contributed by atoms with Crippen molar-refractivity contribution in [2.75, 3.05) is 37.6 Å². The van der Waals surface area contributed by atoms with E-state index in [1.807, 2.05) is 17.0 Å².